The van der Waals surface area contributed by atoms with E-state index in [0.29, 0.717) is 11.1 Å². The highest BCUT2D eigenvalue weighted by atomic mass is 16.8. The number of carbonyl (C=O) groups excluding carboxylic acids is 2. The minimum absolute atomic E-state index is 0.0152. The van der Waals surface area contributed by atoms with Gasteiger partial charge in [0.1, 0.15) is 17.7 Å². The molecule has 0 amide bonds. The van der Waals surface area contributed by atoms with Gasteiger partial charge in [-0.3, -0.25) is 4.84 Å². The van der Waals surface area contributed by atoms with Crippen molar-refractivity contribution in [3.05, 3.63) is 71.8 Å². The van der Waals surface area contributed by atoms with Crippen LogP contribution in [0.15, 0.2) is 71.0 Å². The standard InChI is InChI=1S/C13H14N2O3.C13H14N2O2/c1-13(2,3)17-12(16)18-15-11(9-14)10-7-5-4-6-8-10;1-13(2,3)12(16)17-15-11(9-14)10-7-5-4-6-8-10/h4-8H,1-3H3;4-8H,1-3H3/b15-11+;15-11-. The molecule has 2 aromatic rings. The van der Waals surface area contributed by atoms with Crippen molar-refractivity contribution >= 4 is 23.5 Å². The molecule has 35 heavy (non-hydrogen) atoms. The molecule has 0 radical (unpaired) electrons. The molecule has 182 valence electrons. The summed E-state index contributed by atoms with van der Waals surface area (Å²) in [4.78, 5) is 32.0. The van der Waals surface area contributed by atoms with E-state index in [1.54, 1.807) is 90.1 Å². The summed E-state index contributed by atoms with van der Waals surface area (Å²) in [5, 5.41) is 24.9. The lowest BCUT2D eigenvalue weighted by Crippen LogP contribution is -2.23. The molecule has 0 aromatic heterocycles. The second-order valence-electron chi connectivity index (χ2n) is 9.02. The second kappa shape index (κ2) is 13.3. The normalized spacial score (nSPS) is 11.7. The lowest BCUT2D eigenvalue weighted by Gasteiger charge is -2.17. The van der Waals surface area contributed by atoms with Crippen molar-refractivity contribution in [1.29, 1.82) is 10.5 Å². The Morgan fingerprint density at radius 3 is 1.46 bits per heavy atom. The third-order valence-corrected chi connectivity index (χ3v) is 3.74. The van der Waals surface area contributed by atoms with E-state index in [-0.39, 0.29) is 11.4 Å². The number of rotatable bonds is 4. The molecule has 9 nitrogen and oxygen atoms in total. The van der Waals surface area contributed by atoms with Gasteiger partial charge in [-0.2, -0.15) is 10.5 Å². The smallest absolute Gasteiger partial charge is 0.427 e. The Morgan fingerprint density at radius 1 is 0.714 bits per heavy atom. The first-order valence-electron chi connectivity index (χ1n) is 10.6. The van der Waals surface area contributed by atoms with Crippen LogP contribution in [-0.2, 0) is 19.2 Å². The van der Waals surface area contributed by atoms with Crippen molar-refractivity contribution in [2.75, 3.05) is 0 Å². The molecule has 0 spiro atoms. The van der Waals surface area contributed by atoms with Gasteiger partial charge in [-0.1, -0.05) is 71.0 Å². The molecule has 0 saturated carbocycles. The van der Waals surface area contributed by atoms with Crippen LogP contribution in [0.25, 0.3) is 0 Å². The number of benzene rings is 2. The van der Waals surface area contributed by atoms with Crippen molar-refractivity contribution in [1.82, 2.24) is 0 Å². The number of carbonyl (C=O) groups is 2. The van der Waals surface area contributed by atoms with Gasteiger partial charge in [-0.15, -0.1) is 0 Å². The Balaban J connectivity index is 0.000000351. The van der Waals surface area contributed by atoms with Crippen LogP contribution < -0.4 is 0 Å². The van der Waals surface area contributed by atoms with E-state index in [0.717, 1.165) is 0 Å². The summed E-state index contributed by atoms with van der Waals surface area (Å²) in [7, 11) is 0. The molecule has 0 aliphatic heterocycles. The molecule has 0 aliphatic rings. The molecule has 2 aromatic carbocycles. The maximum atomic E-state index is 11.5. The van der Waals surface area contributed by atoms with Crippen LogP contribution in [-0.4, -0.2) is 29.1 Å². The summed E-state index contributed by atoms with van der Waals surface area (Å²) in [5.74, 6) is -0.471. The van der Waals surface area contributed by atoms with Crippen LogP contribution in [0.5, 0.6) is 0 Å². The highest BCUT2D eigenvalue weighted by Gasteiger charge is 2.24. The summed E-state index contributed by atoms with van der Waals surface area (Å²) in [6.45, 7) is 10.3. The Morgan fingerprint density at radius 2 is 1.11 bits per heavy atom. The van der Waals surface area contributed by atoms with Crippen LogP contribution in [0.2, 0.25) is 0 Å². The van der Waals surface area contributed by atoms with Gasteiger partial charge in [0.05, 0.1) is 5.41 Å². The Bertz CT molecular complexity index is 1130. The van der Waals surface area contributed by atoms with Gasteiger partial charge in [0.2, 0.25) is 0 Å². The summed E-state index contributed by atoms with van der Waals surface area (Å²) < 4.78 is 4.89. The number of ether oxygens (including phenoxy) is 1. The van der Waals surface area contributed by atoms with E-state index in [9.17, 15) is 9.59 Å². The Kier molecular flexibility index (Phi) is 10.8. The predicted molar refractivity (Wildman–Crippen MR) is 130 cm³/mol. The average Bonchev–Trinajstić information content (AvgIpc) is 2.80. The highest BCUT2D eigenvalue weighted by molar-refractivity contribution is 6.11. The minimum Gasteiger partial charge on any atom is -0.427 e. The summed E-state index contributed by atoms with van der Waals surface area (Å²) in [5.41, 5.74) is -0.00247. The first kappa shape index (κ1) is 28.5. The summed E-state index contributed by atoms with van der Waals surface area (Å²) >= 11 is 0. The van der Waals surface area contributed by atoms with Crippen LogP contribution in [0, 0.1) is 28.1 Å². The molecule has 0 aliphatic carbocycles. The fourth-order valence-corrected chi connectivity index (χ4v) is 2.04. The van der Waals surface area contributed by atoms with E-state index in [4.69, 9.17) is 20.1 Å². The molecule has 0 atom stereocenters. The molecule has 2 rings (SSSR count). The monoisotopic (exact) mass is 476 g/mol. The van der Waals surface area contributed by atoms with Crippen molar-refractivity contribution in [3.63, 3.8) is 0 Å². The largest absolute Gasteiger partial charge is 0.535 e. The Hall–Kier alpha value is -4.50. The van der Waals surface area contributed by atoms with Crippen molar-refractivity contribution in [3.8, 4) is 12.1 Å². The minimum atomic E-state index is -0.939. The molecule has 0 bridgehead atoms. The van der Waals surface area contributed by atoms with E-state index in [1.165, 1.54) is 0 Å². The summed E-state index contributed by atoms with van der Waals surface area (Å²) in [6, 6.07) is 21.3. The zero-order valence-corrected chi connectivity index (χ0v) is 20.6. The van der Waals surface area contributed by atoms with E-state index in [1.807, 2.05) is 24.3 Å². The van der Waals surface area contributed by atoms with Crippen LogP contribution in [0.1, 0.15) is 52.7 Å². The molecule has 0 N–H and O–H groups in total. The molecule has 9 heteroatoms. The van der Waals surface area contributed by atoms with Crippen molar-refractivity contribution < 1.29 is 24.0 Å². The number of nitriles is 2. The van der Waals surface area contributed by atoms with E-state index < -0.39 is 23.1 Å². The van der Waals surface area contributed by atoms with Gasteiger partial charge in [0, 0.05) is 11.1 Å². The molecular formula is C26H28N4O5. The maximum Gasteiger partial charge on any atom is 0.535 e. The highest BCUT2D eigenvalue weighted by Crippen LogP contribution is 2.15. The zero-order chi connectivity index (χ0) is 26.5. The van der Waals surface area contributed by atoms with Crippen molar-refractivity contribution in [2.45, 2.75) is 47.1 Å². The molecular weight excluding hydrogens is 448 g/mol. The molecule has 0 fully saturated rings. The number of hydrogen-bond donors (Lipinski definition) is 0. The van der Waals surface area contributed by atoms with Gasteiger partial charge < -0.3 is 9.57 Å². The number of hydrogen-bond acceptors (Lipinski definition) is 9. The lowest BCUT2D eigenvalue weighted by molar-refractivity contribution is -0.152. The Labute approximate surface area is 205 Å². The second-order valence-corrected chi connectivity index (χ2v) is 9.02. The average molecular weight is 477 g/mol. The van der Waals surface area contributed by atoms with Gasteiger partial charge in [0.25, 0.3) is 0 Å². The van der Waals surface area contributed by atoms with Crippen LogP contribution in [0.3, 0.4) is 0 Å². The third kappa shape index (κ3) is 11.3. The number of oxime groups is 2. The summed E-state index contributed by atoms with van der Waals surface area (Å²) in [6.07, 6.45) is -0.939. The first-order valence-corrected chi connectivity index (χ1v) is 10.6. The topological polar surface area (TPSA) is 134 Å². The first-order chi connectivity index (χ1) is 16.4. The quantitative estimate of drug-likeness (QED) is 0.250. The van der Waals surface area contributed by atoms with Crippen molar-refractivity contribution in [2.24, 2.45) is 15.7 Å². The fraction of sp³-hybridized carbons (Fsp3) is 0.308. The number of nitrogens with zero attached hydrogens (tertiary/aromatic N) is 4. The maximum absolute atomic E-state index is 11.5. The SMILES string of the molecule is CC(C)(C)C(=O)O/N=C(/C#N)c1ccccc1.CC(C)(C)OC(=O)O/N=C(\C#N)c1ccccc1. The third-order valence-electron chi connectivity index (χ3n) is 3.74. The van der Waals surface area contributed by atoms with E-state index >= 15 is 0 Å². The lowest BCUT2D eigenvalue weighted by atomic mass is 9.98. The van der Waals surface area contributed by atoms with Gasteiger partial charge in [-0.25, -0.2) is 9.59 Å². The predicted octanol–water partition coefficient (Wildman–Crippen LogP) is 5.37. The fourth-order valence-electron chi connectivity index (χ4n) is 2.04. The van der Waals surface area contributed by atoms with Gasteiger partial charge >= 0.3 is 12.1 Å². The van der Waals surface area contributed by atoms with Gasteiger partial charge in [-0.05, 0) is 41.5 Å². The molecule has 0 unspecified atom stereocenters. The van der Waals surface area contributed by atoms with Crippen LogP contribution in [0.4, 0.5) is 4.79 Å². The van der Waals surface area contributed by atoms with Crippen LogP contribution >= 0.6 is 0 Å². The van der Waals surface area contributed by atoms with Gasteiger partial charge in [0.15, 0.2) is 11.4 Å². The molecule has 0 heterocycles. The molecule has 0 saturated heterocycles. The van der Waals surface area contributed by atoms with E-state index in [2.05, 4.69) is 15.1 Å². The zero-order valence-electron chi connectivity index (χ0n) is 20.6.